The molecule has 1 aromatic heterocycles. The van der Waals surface area contributed by atoms with Gasteiger partial charge in [0.15, 0.2) is 0 Å². The number of carbonyl (C=O) groups is 1. The zero-order valence-electron chi connectivity index (χ0n) is 10.6. The van der Waals surface area contributed by atoms with E-state index in [9.17, 15) is 4.79 Å². The second-order valence-corrected chi connectivity index (χ2v) is 4.95. The van der Waals surface area contributed by atoms with Crippen LogP contribution in [-0.2, 0) is 0 Å². The zero-order chi connectivity index (χ0) is 13.2. The van der Waals surface area contributed by atoms with Crippen LogP contribution in [0.15, 0.2) is 36.4 Å². The lowest BCUT2D eigenvalue weighted by molar-refractivity contribution is 0.0930. The Morgan fingerprint density at radius 1 is 1.37 bits per heavy atom. The van der Waals surface area contributed by atoms with Crippen molar-refractivity contribution in [3.63, 3.8) is 0 Å². The number of hydrogen-bond acceptors (Lipinski definition) is 2. The lowest BCUT2D eigenvalue weighted by atomic mass is 10.0. The Morgan fingerprint density at radius 3 is 3.00 bits per heavy atom. The highest BCUT2D eigenvalue weighted by Gasteiger charge is 2.16. The van der Waals surface area contributed by atoms with Crippen LogP contribution in [0.3, 0.4) is 0 Å². The van der Waals surface area contributed by atoms with E-state index >= 15 is 0 Å². The van der Waals surface area contributed by atoms with Crippen molar-refractivity contribution in [1.29, 1.82) is 0 Å². The molecule has 0 saturated heterocycles. The Balaban J connectivity index is 1.81. The average molecular weight is 255 g/mol. The van der Waals surface area contributed by atoms with E-state index in [0.29, 0.717) is 11.4 Å². The molecule has 0 radical (unpaired) electrons. The van der Waals surface area contributed by atoms with Crippen molar-refractivity contribution in [2.24, 2.45) is 0 Å². The number of fused-ring (bicyclic) bond motifs is 1. The number of para-hydroxylation sites is 1. The number of rotatable bonds is 2. The Labute approximate surface area is 111 Å². The molecule has 1 aromatic carbocycles. The van der Waals surface area contributed by atoms with Crippen molar-refractivity contribution >= 4 is 22.5 Å². The van der Waals surface area contributed by atoms with Crippen LogP contribution in [-0.4, -0.2) is 16.9 Å². The molecular weight excluding hydrogens is 238 g/mol. The van der Waals surface area contributed by atoms with Gasteiger partial charge < -0.3 is 16.0 Å². The third-order valence-electron chi connectivity index (χ3n) is 3.54. The van der Waals surface area contributed by atoms with E-state index in [1.165, 1.54) is 0 Å². The van der Waals surface area contributed by atoms with Crippen molar-refractivity contribution in [2.45, 2.75) is 25.3 Å². The minimum absolute atomic E-state index is 0.0594. The second kappa shape index (κ2) is 4.80. The van der Waals surface area contributed by atoms with Gasteiger partial charge in [-0.3, -0.25) is 4.79 Å². The summed E-state index contributed by atoms with van der Waals surface area (Å²) in [4.78, 5) is 15.3. The van der Waals surface area contributed by atoms with E-state index in [1.807, 2.05) is 24.3 Å². The topological polar surface area (TPSA) is 70.9 Å². The number of anilines is 1. The van der Waals surface area contributed by atoms with Crippen LogP contribution < -0.4 is 11.1 Å². The molecule has 0 bridgehead atoms. The number of aromatic nitrogens is 1. The van der Waals surface area contributed by atoms with Crippen molar-refractivity contribution in [3.05, 3.63) is 42.1 Å². The highest BCUT2D eigenvalue weighted by molar-refractivity contribution is 6.00. The molecule has 3 rings (SSSR count). The summed E-state index contributed by atoms with van der Waals surface area (Å²) in [6, 6.07) is 7.74. The van der Waals surface area contributed by atoms with Crippen LogP contribution >= 0.6 is 0 Å². The van der Waals surface area contributed by atoms with Crippen LogP contribution in [0.1, 0.15) is 29.8 Å². The summed E-state index contributed by atoms with van der Waals surface area (Å²) in [7, 11) is 0. The van der Waals surface area contributed by atoms with E-state index in [2.05, 4.69) is 22.5 Å². The number of aromatic amines is 1. The number of carbonyl (C=O) groups excluding carboxylic acids is 1. The van der Waals surface area contributed by atoms with Gasteiger partial charge in [-0.15, -0.1) is 0 Å². The fourth-order valence-electron chi connectivity index (χ4n) is 2.49. The average Bonchev–Trinajstić information content (AvgIpc) is 2.85. The third kappa shape index (κ3) is 2.34. The van der Waals surface area contributed by atoms with Crippen LogP contribution in [0.2, 0.25) is 0 Å². The first-order valence-corrected chi connectivity index (χ1v) is 6.57. The van der Waals surface area contributed by atoms with Crippen molar-refractivity contribution < 1.29 is 4.79 Å². The lowest BCUT2D eigenvalue weighted by Crippen LogP contribution is -2.35. The molecule has 19 heavy (non-hydrogen) atoms. The number of allylic oxidation sites excluding steroid dienone is 1. The highest BCUT2D eigenvalue weighted by Crippen LogP contribution is 2.21. The molecule has 4 nitrogen and oxygen atoms in total. The predicted octanol–water partition coefficient (Wildman–Crippen LogP) is 2.59. The van der Waals surface area contributed by atoms with Crippen LogP contribution in [0, 0.1) is 0 Å². The molecule has 0 aliphatic heterocycles. The largest absolute Gasteiger partial charge is 0.397 e. The van der Waals surface area contributed by atoms with Crippen LogP contribution in [0.4, 0.5) is 5.69 Å². The summed E-state index contributed by atoms with van der Waals surface area (Å²) >= 11 is 0. The summed E-state index contributed by atoms with van der Waals surface area (Å²) in [6.45, 7) is 0. The van der Waals surface area contributed by atoms with Gasteiger partial charge in [-0.2, -0.15) is 0 Å². The molecule has 2 aromatic rings. The molecule has 4 heteroatoms. The normalized spacial score (nSPS) is 18.6. The van der Waals surface area contributed by atoms with Crippen molar-refractivity contribution in [2.75, 3.05) is 5.73 Å². The Hall–Kier alpha value is -2.23. The Bertz CT molecular complexity index is 642. The molecule has 1 aliphatic rings. The maximum absolute atomic E-state index is 12.2. The van der Waals surface area contributed by atoms with Gasteiger partial charge in [0.25, 0.3) is 5.91 Å². The Morgan fingerprint density at radius 2 is 2.26 bits per heavy atom. The first kappa shape index (κ1) is 11.8. The molecular formula is C15H17N3O. The lowest BCUT2D eigenvalue weighted by Gasteiger charge is -2.18. The highest BCUT2D eigenvalue weighted by atomic mass is 16.1. The number of nitrogens with one attached hydrogen (secondary N) is 2. The number of benzene rings is 1. The number of hydrogen-bond donors (Lipinski definition) is 3. The fourth-order valence-corrected chi connectivity index (χ4v) is 2.49. The number of H-pyrrole nitrogens is 1. The van der Waals surface area contributed by atoms with Gasteiger partial charge in [0.05, 0.1) is 11.2 Å². The van der Waals surface area contributed by atoms with E-state index in [0.717, 1.165) is 30.2 Å². The van der Waals surface area contributed by atoms with E-state index in [1.54, 1.807) is 0 Å². The first-order valence-electron chi connectivity index (χ1n) is 6.57. The summed E-state index contributed by atoms with van der Waals surface area (Å²) < 4.78 is 0. The Kier molecular flexibility index (Phi) is 2.99. The smallest absolute Gasteiger partial charge is 0.267 e. The maximum Gasteiger partial charge on any atom is 0.267 e. The van der Waals surface area contributed by atoms with Gasteiger partial charge in [-0.05, 0) is 31.4 Å². The van der Waals surface area contributed by atoms with Crippen molar-refractivity contribution in [3.8, 4) is 0 Å². The molecule has 1 heterocycles. The summed E-state index contributed by atoms with van der Waals surface area (Å²) in [6.07, 6.45) is 7.23. The van der Waals surface area contributed by atoms with Crippen molar-refractivity contribution in [1.82, 2.24) is 10.3 Å². The molecule has 1 atom stereocenters. The van der Waals surface area contributed by atoms with E-state index in [4.69, 9.17) is 5.73 Å². The molecule has 0 spiro atoms. The summed E-state index contributed by atoms with van der Waals surface area (Å²) in [5, 5.41) is 4.02. The SMILES string of the molecule is Nc1cccc2cc(C(=O)NC3CC=CCC3)[nH]c12. The zero-order valence-corrected chi connectivity index (χ0v) is 10.6. The summed E-state index contributed by atoms with van der Waals surface area (Å²) in [5.74, 6) is -0.0594. The van der Waals surface area contributed by atoms with Gasteiger partial charge >= 0.3 is 0 Å². The maximum atomic E-state index is 12.2. The van der Waals surface area contributed by atoms with Crippen LogP contribution in [0.25, 0.3) is 10.9 Å². The number of nitrogen functional groups attached to an aromatic ring is 1. The van der Waals surface area contributed by atoms with Gasteiger partial charge in [0.1, 0.15) is 5.69 Å². The quantitative estimate of drug-likeness (QED) is 0.570. The molecule has 0 fully saturated rings. The van der Waals surface area contributed by atoms with Gasteiger partial charge in [0.2, 0.25) is 0 Å². The molecule has 98 valence electrons. The monoisotopic (exact) mass is 255 g/mol. The first-order chi connectivity index (χ1) is 9.24. The molecule has 1 aliphatic carbocycles. The number of nitrogens with two attached hydrogens (primary N) is 1. The molecule has 1 unspecified atom stereocenters. The van der Waals surface area contributed by atoms with Gasteiger partial charge in [-0.1, -0.05) is 24.3 Å². The molecule has 4 N–H and O–H groups in total. The second-order valence-electron chi connectivity index (χ2n) is 4.95. The summed E-state index contributed by atoms with van der Waals surface area (Å²) in [5.41, 5.74) is 7.95. The molecule has 0 saturated carbocycles. The minimum Gasteiger partial charge on any atom is -0.397 e. The number of amides is 1. The minimum atomic E-state index is -0.0594. The van der Waals surface area contributed by atoms with E-state index < -0.39 is 0 Å². The van der Waals surface area contributed by atoms with E-state index in [-0.39, 0.29) is 11.9 Å². The standard InChI is InChI=1S/C15H17N3O/c16-12-8-4-5-10-9-13(18-14(10)12)15(19)17-11-6-2-1-3-7-11/h1-2,4-5,8-9,11,18H,3,6-7,16H2,(H,17,19). The molecule has 1 amide bonds. The fraction of sp³-hybridized carbons (Fsp3) is 0.267. The van der Waals surface area contributed by atoms with Gasteiger partial charge in [-0.25, -0.2) is 0 Å². The van der Waals surface area contributed by atoms with Crippen LogP contribution in [0.5, 0.6) is 0 Å². The van der Waals surface area contributed by atoms with Gasteiger partial charge in [0, 0.05) is 11.4 Å². The predicted molar refractivity (Wildman–Crippen MR) is 77.0 cm³/mol. The third-order valence-corrected chi connectivity index (χ3v) is 3.54.